The van der Waals surface area contributed by atoms with Gasteiger partial charge >= 0.3 is 0 Å². The van der Waals surface area contributed by atoms with Gasteiger partial charge in [-0.15, -0.1) is 0 Å². The van der Waals surface area contributed by atoms with Gasteiger partial charge in [0.2, 0.25) is 0 Å². The van der Waals surface area contributed by atoms with Gasteiger partial charge in [-0.2, -0.15) is 0 Å². The summed E-state index contributed by atoms with van der Waals surface area (Å²) in [6.07, 6.45) is 0. The van der Waals surface area contributed by atoms with Crippen LogP contribution in [0, 0.1) is 0 Å². The first-order valence-corrected chi connectivity index (χ1v) is 4.24. The zero-order valence-electron chi connectivity index (χ0n) is 8.29. The number of oxime groups is 1. The second-order valence-electron chi connectivity index (χ2n) is 2.75. The van der Waals surface area contributed by atoms with E-state index in [1.807, 2.05) is 12.1 Å². The summed E-state index contributed by atoms with van der Waals surface area (Å²) in [5.74, 6) is 0.313. The molecule has 0 heterocycles. The molecule has 15 heavy (non-hydrogen) atoms. The molecule has 0 bridgehead atoms. The fourth-order valence-electron chi connectivity index (χ4n) is 1.05. The summed E-state index contributed by atoms with van der Waals surface area (Å²) in [6, 6.07) is 7.23. The molecule has 0 saturated heterocycles. The van der Waals surface area contributed by atoms with Gasteiger partial charge in [0, 0.05) is 10.5 Å². The number of rotatable bonds is 4. The van der Waals surface area contributed by atoms with E-state index in [-0.39, 0.29) is 0 Å². The van der Waals surface area contributed by atoms with E-state index in [2.05, 4.69) is 20.0 Å². The third-order valence-corrected chi connectivity index (χ3v) is 1.76. The molecule has 2 N–H and O–H groups in total. The number of amidine groups is 1. The van der Waals surface area contributed by atoms with E-state index >= 15 is 0 Å². The number of nitrogens with zero attached hydrogens (tertiary/aromatic N) is 4. The van der Waals surface area contributed by atoms with Crippen LogP contribution in [0.25, 0.3) is 10.4 Å². The zero-order chi connectivity index (χ0) is 11.1. The minimum Gasteiger partial charge on any atom is -0.397 e. The Kier molecular flexibility index (Phi) is 4.00. The normalized spacial score (nSPS) is 10.6. The number of nitrogens with two attached hydrogens (primary N) is 1. The molecule has 0 spiro atoms. The lowest BCUT2D eigenvalue weighted by atomic mass is 10.1. The Hall–Kier alpha value is -2.20. The van der Waals surface area contributed by atoms with Crippen LogP contribution < -0.4 is 5.73 Å². The highest BCUT2D eigenvalue weighted by molar-refractivity contribution is 5.97. The van der Waals surface area contributed by atoms with Crippen LogP contribution in [-0.4, -0.2) is 12.9 Å². The van der Waals surface area contributed by atoms with Gasteiger partial charge in [-0.1, -0.05) is 34.5 Å². The molecule has 6 heteroatoms. The van der Waals surface area contributed by atoms with Gasteiger partial charge in [0.05, 0.1) is 6.54 Å². The number of hydrogen-bond acceptors (Lipinski definition) is 3. The Morgan fingerprint density at radius 1 is 1.47 bits per heavy atom. The molecular formula is C9H11N5O. The van der Waals surface area contributed by atoms with Crippen molar-refractivity contribution in [3.05, 3.63) is 45.8 Å². The maximum absolute atomic E-state index is 8.14. The van der Waals surface area contributed by atoms with Crippen molar-refractivity contribution in [1.29, 1.82) is 0 Å². The molecule has 1 aromatic carbocycles. The van der Waals surface area contributed by atoms with Crippen molar-refractivity contribution in [2.45, 2.75) is 6.54 Å². The second kappa shape index (κ2) is 5.51. The molecule has 0 aliphatic heterocycles. The third kappa shape index (κ3) is 3.21. The van der Waals surface area contributed by atoms with Gasteiger partial charge in [-0.3, -0.25) is 0 Å². The Morgan fingerprint density at radius 3 is 2.67 bits per heavy atom. The van der Waals surface area contributed by atoms with Crippen molar-refractivity contribution in [2.24, 2.45) is 16.0 Å². The standard InChI is InChI=1S/C9H11N5O/c1-15-13-9(10)8-4-2-7(3-5-8)6-12-14-11/h2-5H,6H2,1H3,(H2,10,13). The summed E-state index contributed by atoms with van der Waals surface area (Å²) in [4.78, 5) is 7.22. The molecule has 78 valence electrons. The monoisotopic (exact) mass is 205 g/mol. The highest BCUT2D eigenvalue weighted by atomic mass is 16.6. The predicted molar refractivity (Wildman–Crippen MR) is 57.0 cm³/mol. The molecule has 0 radical (unpaired) electrons. The number of hydrogen-bond donors (Lipinski definition) is 1. The topological polar surface area (TPSA) is 96.4 Å². The van der Waals surface area contributed by atoms with Gasteiger partial charge in [-0.05, 0) is 11.1 Å². The average molecular weight is 205 g/mol. The van der Waals surface area contributed by atoms with Gasteiger partial charge in [0.15, 0.2) is 5.84 Å². The van der Waals surface area contributed by atoms with Crippen molar-refractivity contribution in [2.75, 3.05) is 7.11 Å². The molecule has 6 nitrogen and oxygen atoms in total. The molecule has 0 unspecified atom stereocenters. The fraction of sp³-hybridized carbons (Fsp3) is 0.222. The van der Waals surface area contributed by atoms with Crippen LogP contribution in [0.4, 0.5) is 0 Å². The van der Waals surface area contributed by atoms with Crippen LogP contribution in [0.3, 0.4) is 0 Å². The second-order valence-corrected chi connectivity index (χ2v) is 2.75. The molecule has 0 aromatic heterocycles. The Labute approximate surface area is 87.0 Å². The summed E-state index contributed by atoms with van der Waals surface area (Å²) in [5, 5.41) is 7.05. The first-order valence-electron chi connectivity index (χ1n) is 4.24. The van der Waals surface area contributed by atoms with E-state index in [0.29, 0.717) is 12.4 Å². The first kappa shape index (κ1) is 10.9. The van der Waals surface area contributed by atoms with Crippen LogP contribution in [0.15, 0.2) is 34.5 Å². The summed E-state index contributed by atoms with van der Waals surface area (Å²) in [6.45, 7) is 0.331. The molecule has 0 amide bonds. The van der Waals surface area contributed by atoms with Crippen molar-refractivity contribution < 1.29 is 4.84 Å². The summed E-state index contributed by atoms with van der Waals surface area (Å²) < 4.78 is 0. The maximum Gasteiger partial charge on any atom is 0.170 e. The van der Waals surface area contributed by atoms with E-state index < -0.39 is 0 Å². The zero-order valence-corrected chi connectivity index (χ0v) is 8.29. The lowest BCUT2D eigenvalue weighted by Crippen LogP contribution is -2.13. The number of benzene rings is 1. The van der Waals surface area contributed by atoms with Crippen LogP contribution in [-0.2, 0) is 11.4 Å². The predicted octanol–water partition coefficient (Wildman–Crippen LogP) is 1.76. The molecule has 0 saturated carbocycles. The quantitative estimate of drug-likeness (QED) is 0.202. The SMILES string of the molecule is CON=C(N)c1ccc(CN=[N+]=[N-])cc1. The van der Waals surface area contributed by atoms with Crippen LogP contribution in [0.2, 0.25) is 0 Å². The van der Waals surface area contributed by atoms with Crippen molar-refractivity contribution in [3.8, 4) is 0 Å². The van der Waals surface area contributed by atoms with E-state index in [4.69, 9.17) is 11.3 Å². The van der Waals surface area contributed by atoms with Crippen LogP contribution >= 0.6 is 0 Å². The Morgan fingerprint density at radius 2 is 2.13 bits per heavy atom. The molecule has 0 aliphatic rings. The van der Waals surface area contributed by atoms with Crippen molar-refractivity contribution in [3.63, 3.8) is 0 Å². The van der Waals surface area contributed by atoms with Gasteiger partial charge in [0.1, 0.15) is 7.11 Å². The molecular weight excluding hydrogens is 194 g/mol. The highest BCUT2D eigenvalue weighted by Crippen LogP contribution is 2.05. The minimum atomic E-state index is 0.313. The largest absolute Gasteiger partial charge is 0.397 e. The molecule has 0 fully saturated rings. The maximum atomic E-state index is 8.14. The fourth-order valence-corrected chi connectivity index (χ4v) is 1.05. The summed E-state index contributed by atoms with van der Waals surface area (Å²) in [5.41, 5.74) is 15.4. The van der Waals surface area contributed by atoms with Crippen molar-refractivity contribution >= 4 is 5.84 Å². The minimum absolute atomic E-state index is 0.313. The van der Waals surface area contributed by atoms with Gasteiger partial charge in [-0.25, -0.2) is 0 Å². The summed E-state index contributed by atoms with van der Waals surface area (Å²) >= 11 is 0. The average Bonchev–Trinajstić information content (AvgIpc) is 2.27. The van der Waals surface area contributed by atoms with Gasteiger partial charge in [0.25, 0.3) is 0 Å². The summed E-state index contributed by atoms with van der Waals surface area (Å²) in [7, 11) is 1.43. The lowest BCUT2D eigenvalue weighted by Gasteiger charge is -2.00. The van der Waals surface area contributed by atoms with Gasteiger partial charge < -0.3 is 10.6 Å². The smallest absolute Gasteiger partial charge is 0.170 e. The van der Waals surface area contributed by atoms with E-state index in [1.165, 1.54) is 7.11 Å². The van der Waals surface area contributed by atoms with E-state index in [0.717, 1.165) is 11.1 Å². The lowest BCUT2D eigenvalue weighted by molar-refractivity contribution is 0.213. The molecule has 0 atom stereocenters. The van der Waals surface area contributed by atoms with Crippen molar-refractivity contribution in [1.82, 2.24) is 0 Å². The molecule has 0 aliphatic carbocycles. The van der Waals surface area contributed by atoms with E-state index in [9.17, 15) is 0 Å². The third-order valence-electron chi connectivity index (χ3n) is 1.76. The molecule has 1 aromatic rings. The van der Waals surface area contributed by atoms with Crippen LogP contribution in [0.5, 0.6) is 0 Å². The first-order chi connectivity index (χ1) is 7.27. The van der Waals surface area contributed by atoms with Crippen LogP contribution in [0.1, 0.15) is 11.1 Å². The number of azide groups is 1. The van der Waals surface area contributed by atoms with E-state index in [1.54, 1.807) is 12.1 Å². The Balaban J connectivity index is 2.80. The molecule has 1 rings (SSSR count). The Bertz CT molecular complexity index is 391. The highest BCUT2D eigenvalue weighted by Gasteiger charge is 1.98.